The lowest BCUT2D eigenvalue weighted by molar-refractivity contribution is -0.125. The number of hydrogen-bond acceptors (Lipinski definition) is 2. The van der Waals surface area contributed by atoms with Gasteiger partial charge in [-0.25, -0.2) is 0 Å². The molecule has 1 fully saturated rings. The molecule has 0 bridgehead atoms. The molecule has 1 saturated carbocycles. The van der Waals surface area contributed by atoms with E-state index in [0.717, 1.165) is 55.2 Å². The Bertz CT molecular complexity index is 639. The number of nitrogens with zero attached hydrogens (tertiary/aromatic N) is 1. The summed E-state index contributed by atoms with van der Waals surface area (Å²) in [4.78, 5) is 14.7. The van der Waals surface area contributed by atoms with Gasteiger partial charge >= 0.3 is 0 Å². The number of benzene rings is 1. The van der Waals surface area contributed by atoms with Crippen LogP contribution in [0.4, 0.5) is 0 Å². The van der Waals surface area contributed by atoms with Crippen LogP contribution in [0.15, 0.2) is 35.9 Å². The van der Waals surface area contributed by atoms with Crippen molar-refractivity contribution in [2.75, 3.05) is 0 Å². The van der Waals surface area contributed by atoms with Crippen LogP contribution in [0, 0.1) is 5.41 Å². The molecule has 1 aromatic carbocycles. The Balaban J connectivity index is 0.00000109. The van der Waals surface area contributed by atoms with Crippen molar-refractivity contribution in [3.8, 4) is 0 Å². The smallest absolute Gasteiger partial charge is 0.255 e. The summed E-state index contributed by atoms with van der Waals surface area (Å²) in [7, 11) is 0. The fourth-order valence-electron chi connectivity index (χ4n) is 3.53. The number of allylic oxidation sites excluding steroid dienone is 1. The number of hydrogen-bond donors (Lipinski definition) is 1. The molecule has 0 aromatic heterocycles. The molecule has 25 heavy (non-hydrogen) atoms. The Kier molecular flexibility index (Phi) is 7.65. The van der Waals surface area contributed by atoms with E-state index >= 15 is 0 Å². The van der Waals surface area contributed by atoms with Crippen molar-refractivity contribution in [2.24, 2.45) is 0 Å². The molecule has 1 N–H and O–H groups in total. The van der Waals surface area contributed by atoms with Crippen molar-refractivity contribution >= 4 is 24.4 Å². The van der Waals surface area contributed by atoms with Gasteiger partial charge in [0.25, 0.3) is 5.91 Å². The maximum Gasteiger partial charge on any atom is 0.255 e. The molecule has 0 spiro atoms. The van der Waals surface area contributed by atoms with Crippen molar-refractivity contribution in [3.63, 3.8) is 0 Å². The van der Waals surface area contributed by atoms with Crippen molar-refractivity contribution < 1.29 is 4.79 Å². The second kappa shape index (κ2) is 9.97. The van der Waals surface area contributed by atoms with E-state index < -0.39 is 0 Å². The average Bonchev–Trinajstić information content (AvgIpc) is 2.65. The monoisotopic (exact) mass is 338 g/mol. The van der Waals surface area contributed by atoms with Gasteiger partial charge in [-0.15, -0.1) is 0 Å². The lowest BCUT2D eigenvalue weighted by Gasteiger charge is -2.31. The van der Waals surface area contributed by atoms with E-state index in [-0.39, 0.29) is 11.9 Å². The third-order valence-corrected chi connectivity index (χ3v) is 4.82. The van der Waals surface area contributed by atoms with Crippen LogP contribution in [0.1, 0.15) is 69.9 Å². The van der Waals surface area contributed by atoms with Gasteiger partial charge in [-0.2, -0.15) is 0 Å². The summed E-state index contributed by atoms with van der Waals surface area (Å²) < 4.78 is 0. The highest BCUT2D eigenvalue weighted by molar-refractivity contribution is 6.03. The van der Waals surface area contributed by atoms with E-state index in [4.69, 9.17) is 5.41 Å². The topological polar surface area (TPSA) is 44.2 Å². The standard InChI is InChI=1S/C20H24N2O.C2H6/c21-15-22(19-12-2-1-3-13-19)20(23)18-11-7-5-9-16-8-4-6-10-17(16)14-18;1-2/h4-6,8-10,14-15,19,21H,1-3,7,11-13H2;1-2H3/b9-5-,18-14+,21-15?;. The summed E-state index contributed by atoms with van der Waals surface area (Å²) in [5, 5.41) is 7.73. The molecule has 1 amide bonds. The molecule has 134 valence electrons. The van der Waals surface area contributed by atoms with Gasteiger partial charge in [-0.1, -0.05) is 69.5 Å². The molecule has 3 rings (SSSR count). The van der Waals surface area contributed by atoms with Crippen molar-refractivity contribution in [1.29, 1.82) is 5.41 Å². The first kappa shape index (κ1) is 19.2. The van der Waals surface area contributed by atoms with Crippen LogP contribution in [0.3, 0.4) is 0 Å². The predicted octanol–water partition coefficient (Wildman–Crippen LogP) is 5.67. The molecule has 1 aromatic rings. The van der Waals surface area contributed by atoms with Gasteiger partial charge in [-0.05, 0) is 42.9 Å². The number of carbonyl (C=O) groups is 1. The normalized spacial score (nSPS) is 20.5. The zero-order chi connectivity index (χ0) is 18.1. The fourth-order valence-corrected chi connectivity index (χ4v) is 3.53. The summed E-state index contributed by atoms with van der Waals surface area (Å²) in [6.45, 7) is 4.00. The summed E-state index contributed by atoms with van der Waals surface area (Å²) in [6.07, 6.45) is 14.7. The fraction of sp³-hybridized carbons (Fsp3) is 0.455. The molecule has 0 unspecified atom stereocenters. The Labute approximate surface area is 151 Å². The highest BCUT2D eigenvalue weighted by atomic mass is 16.2. The third-order valence-electron chi connectivity index (χ3n) is 4.82. The lowest BCUT2D eigenvalue weighted by Crippen LogP contribution is -2.41. The zero-order valence-corrected chi connectivity index (χ0v) is 15.5. The van der Waals surface area contributed by atoms with Crippen LogP contribution in [0.2, 0.25) is 0 Å². The van der Waals surface area contributed by atoms with Crippen LogP contribution >= 0.6 is 0 Å². The number of carbonyl (C=O) groups excluding carboxylic acids is 1. The Morgan fingerprint density at radius 1 is 1.12 bits per heavy atom. The lowest BCUT2D eigenvalue weighted by atomic mass is 9.93. The van der Waals surface area contributed by atoms with E-state index in [2.05, 4.69) is 18.2 Å². The maximum absolute atomic E-state index is 13.0. The van der Waals surface area contributed by atoms with Gasteiger partial charge in [0.2, 0.25) is 0 Å². The van der Waals surface area contributed by atoms with Crippen LogP contribution in [0.25, 0.3) is 12.2 Å². The van der Waals surface area contributed by atoms with Crippen molar-refractivity contribution in [2.45, 2.75) is 64.8 Å². The minimum atomic E-state index is 0.0111. The summed E-state index contributed by atoms with van der Waals surface area (Å²) in [5.41, 5.74) is 3.05. The molecule has 0 aliphatic heterocycles. The van der Waals surface area contributed by atoms with E-state index in [9.17, 15) is 4.79 Å². The third kappa shape index (κ3) is 4.91. The quantitative estimate of drug-likeness (QED) is 0.560. The summed E-state index contributed by atoms with van der Waals surface area (Å²) in [6, 6.07) is 8.35. The molecule has 2 aliphatic carbocycles. The summed E-state index contributed by atoms with van der Waals surface area (Å²) in [5.74, 6) is 0.0111. The first-order valence-electron chi connectivity index (χ1n) is 9.59. The minimum absolute atomic E-state index is 0.0111. The van der Waals surface area contributed by atoms with Gasteiger partial charge in [0, 0.05) is 11.6 Å². The van der Waals surface area contributed by atoms with E-state index in [1.807, 2.05) is 38.1 Å². The number of fused-ring (bicyclic) bond motifs is 1. The second-order valence-corrected chi connectivity index (χ2v) is 6.37. The second-order valence-electron chi connectivity index (χ2n) is 6.37. The van der Waals surface area contributed by atoms with Crippen LogP contribution < -0.4 is 0 Å². The van der Waals surface area contributed by atoms with Crippen molar-refractivity contribution in [1.82, 2.24) is 4.90 Å². The number of amides is 1. The molecular weight excluding hydrogens is 308 g/mol. The summed E-state index contributed by atoms with van der Waals surface area (Å²) >= 11 is 0. The van der Waals surface area contributed by atoms with E-state index in [1.165, 1.54) is 12.8 Å². The molecule has 3 heteroatoms. The molecule has 2 aliphatic rings. The van der Waals surface area contributed by atoms with Crippen LogP contribution in [0.5, 0.6) is 0 Å². The largest absolute Gasteiger partial charge is 0.297 e. The molecule has 3 nitrogen and oxygen atoms in total. The Morgan fingerprint density at radius 3 is 2.48 bits per heavy atom. The van der Waals surface area contributed by atoms with E-state index in [1.54, 1.807) is 4.90 Å². The Morgan fingerprint density at radius 2 is 1.80 bits per heavy atom. The maximum atomic E-state index is 13.0. The minimum Gasteiger partial charge on any atom is -0.297 e. The van der Waals surface area contributed by atoms with Crippen LogP contribution in [-0.4, -0.2) is 23.2 Å². The van der Waals surface area contributed by atoms with Gasteiger partial charge in [0.05, 0.1) is 6.34 Å². The average molecular weight is 338 g/mol. The first-order valence-corrected chi connectivity index (χ1v) is 9.59. The molecule has 0 radical (unpaired) electrons. The van der Waals surface area contributed by atoms with Gasteiger partial charge in [0.1, 0.15) is 0 Å². The van der Waals surface area contributed by atoms with Crippen molar-refractivity contribution in [3.05, 3.63) is 47.0 Å². The molecule has 0 atom stereocenters. The van der Waals surface area contributed by atoms with Gasteiger partial charge in [0.15, 0.2) is 0 Å². The highest BCUT2D eigenvalue weighted by Crippen LogP contribution is 2.26. The highest BCUT2D eigenvalue weighted by Gasteiger charge is 2.26. The number of nitrogens with one attached hydrogen (secondary N) is 1. The van der Waals surface area contributed by atoms with Gasteiger partial charge in [-0.3, -0.25) is 15.1 Å². The molecule has 0 heterocycles. The predicted molar refractivity (Wildman–Crippen MR) is 107 cm³/mol. The molecule has 0 saturated heterocycles. The SMILES string of the molecule is CC.N=CN(C(=O)/C1=C/c2ccccc2/C=C\CC1)C1CCCCC1. The number of rotatable bonds is 3. The Hall–Kier alpha value is -2.16. The zero-order valence-electron chi connectivity index (χ0n) is 15.5. The van der Waals surface area contributed by atoms with Crippen LogP contribution in [-0.2, 0) is 4.79 Å². The molecular formula is C22H30N2O. The first-order chi connectivity index (χ1) is 12.3. The van der Waals surface area contributed by atoms with E-state index in [0.29, 0.717) is 0 Å². The van der Waals surface area contributed by atoms with Gasteiger partial charge < -0.3 is 0 Å².